The number of hydrogen-bond acceptors (Lipinski definition) is 2. The van der Waals surface area contributed by atoms with Gasteiger partial charge in [0, 0.05) is 31.9 Å². The summed E-state index contributed by atoms with van der Waals surface area (Å²) in [6.45, 7) is 6.45. The standard InChI is InChI=1S/C16H19O2.Re/c1-16(2,3)13-10-14(17-4)11-8-6-7-9-12(11)15(13)18-5;/h6-9H,1-5H3;/q-1;. The van der Waals surface area contributed by atoms with Crippen molar-refractivity contribution in [2.75, 3.05) is 14.2 Å². The first-order valence-corrected chi connectivity index (χ1v) is 6.05. The van der Waals surface area contributed by atoms with Crippen LogP contribution < -0.4 is 9.47 Å². The zero-order valence-electron chi connectivity index (χ0n) is 12.0. The molecule has 3 heteroatoms. The van der Waals surface area contributed by atoms with E-state index < -0.39 is 0 Å². The molecule has 0 heterocycles. The molecule has 0 spiro atoms. The molecule has 0 unspecified atom stereocenters. The average molecular weight is 430 g/mol. The van der Waals surface area contributed by atoms with Crippen molar-refractivity contribution < 1.29 is 29.9 Å². The first kappa shape index (κ1) is 16.0. The molecule has 0 aliphatic carbocycles. The van der Waals surface area contributed by atoms with Crippen LogP contribution in [0.3, 0.4) is 0 Å². The number of benzene rings is 2. The number of hydrogen-bond donors (Lipinski definition) is 0. The van der Waals surface area contributed by atoms with E-state index in [1.165, 1.54) is 0 Å². The Bertz CT molecular complexity index is 571. The minimum absolute atomic E-state index is 0. The molecule has 103 valence electrons. The third-order valence-electron chi connectivity index (χ3n) is 3.04. The van der Waals surface area contributed by atoms with Crippen molar-refractivity contribution in [2.24, 2.45) is 0 Å². The van der Waals surface area contributed by atoms with Crippen molar-refractivity contribution in [3.63, 3.8) is 0 Å². The molecule has 0 bridgehead atoms. The first-order chi connectivity index (χ1) is 8.49. The summed E-state index contributed by atoms with van der Waals surface area (Å²) in [5.74, 6) is 1.66. The molecule has 19 heavy (non-hydrogen) atoms. The van der Waals surface area contributed by atoms with Gasteiger partial charge in [-0.05, 0) is 5.41 Å². The zero-order valence-corrected chi connectivity index (χ0v) is 14.7. The van der Waals surface area contributed by atoms with Gasteiger partial charge >= 0.3 is 0 Å². The Labute approximate surface area is 128 Å². The molecule has 0 atom stereocenters. The summed E-state index contributed by atoms with van der Waals surface area (Å²) in [6, 6.07) is 11.4. The Morgan fingerprint density at radius 1 is 0.947 bits per heavy atom. The molecular formula is C16H19O2Re-. The summed E-state index contributed by atoms with van der Waals surface area (Å²) in [5, 5.41) is 2.10. The summed E-state index contributed by atoms with van der Waals surface area (Å²) in [4.78, 5) is 0. The normalized spacial score (nSPS) is 11.0. The fourth-order valence-electron chi connectivity index (χ4n) is 2.15. The van der Waals surface area contributed by atoms with Crippen LogP contribution in [0.5, 0.6) is 11.5 Å². The molecule has 0 aromatic heterocycles. The first-order valence-electron chi connectivity index (χ1n) is 6.05. The maximum atomic E-state index is 5.60. The summed E-state index contributed by atoms with van der Waals surface area (Å²) in [7, 11) is 3.38. The van der Waals surface area contributed by atoms with Crippen LogP contribution in [0.1, 0.15) is 26.3 Å². The van der Waals surface area contributed by atoms with E-state index in [1.54, 1.807) is 14.2 Å². The topological polar surface area (TPSA) is 18.5 Å². The van der Waals surface area contributed by atoms with Crippen LogP contribution in [0.4, 0.5) is 0 Å². The zero-order chi connectivity index (χ0) is 13.3. The van der Waals surface area contributed by atoms with E-state index in [2.05, 4.69) is 32.9 Å². The van der Waals surface area contributed by atoms with Gasteiger partial charge in [0.15, 0.2) is 0 Å². The molecule has 2 rings (SSSR count). The van der Waals surface area contributed by atoms with Gasteiger partial charge in [0.2, 0.25) is 0 Å². The molecule has 0 saturated carbocycles. The third-order valence-corrected chi connectivity index (χ3v) is 3.04. The Morgan fingerprint density at radius 2 is 1.53 bits per heavy atom. The van der Waals surface area contributed by atoms with E-state index in [1.807, 2.05) is 18.2 Å². The van der Waals surface area contributed by atoms with Crippen LogP contribution in [0.25, 0.3) is 10.8 Å². The van der Waals surface area contributed by atoms with Gasteiger partial charge in [-0.25, -0.2) is 0 Å². The molecule has 2 aromatic rings. The molecule has 2 aromatic carbocycles. The van der Waals surface area contributed by atoms with Crippen molar-refractivity contribution in [2.45, 2.75) is 26.2 Å². The van der Waals surface area contributed by atoms with Crippen molar-refractivity contribution in [1.82, 2.24) is 0 Å². The second-order valence-electron chi connectivity index (χ2n) is 5.36. The smallest absolute Gasteiger partial charge is 0.0743 e. The molecule has 0 aliphatic rings. The number of methoxy groups -OCH3 is 2. The summed E-state index contributed by atoms with van der Waals surface area (Å²) in [6.07, 6.45) is 0. The molecular weight excluding hydrogens is 410 g/mol. The monoisotopic (exact) mass is 430 g/mol. The summed E-state index contributed by atoms with van der Waals surface area (Å²) >= 11 is 0. The van der Waals surface area contributed by atoms with E-state index in [0.29, 0.717) is 0 Å². The molecule has 2 nitrogen and oxygen atoms in total. The largest absolute Gasteiger partial charge is 0.553 e. The fraction of sp³-hybridized carbons (Fsp3) is 0.375. The van der Waals surface area contributed by atoms with E-state index >= 15 is 0 Å². The maximum absolute atomic E-state index is 5.60. The van der Waals surface area contributed by atoms with E-state index in [9.17, 15) is 0 Å². The second-order valence-corrected chi connectivity index (χ2v) is 5.36. The van der Waals surface area contributed by atoms with Gasteiger partial charge in [-0.1, -0.05) is 49.7 Å². The average Bonchev–Trinajstić information content (AvgIpc) is 2.35. The SMILES string of the molecule is COc1[c-]c(C(C)(C)C)c(OC)c2ccccc12.[Re]. The van der Waals surface area contributed by atoms with E-state index in [-0.39, 0.29) is 25.8 Å². The Hall–Kier alpha value is -1.04. The quantitative estimate of drug-likeness (QED) is 0.673. The van der Waals surface area contributed by atoms with Gasteiger partial charge in [-0.2, -0.15) is 0 Å². The minimum Gasteiger partial charge on any atom is -0.553 e. The van der Waals surface area contributed by atoms with Crippen molar-refractivity contribution in [1.29, 1.82) is 0 Å². The predicted octanol–water partition coefficient (Wildman–Crippen LogP) is 3.95. The van der Waals surface area contributed by atoms with E-state index in [0.717, 1.165) is 27.8 Å². The van der Waals surface area contributed by atoms with Crippen molar-refractivity contribution >= 4 is 10.8 Å². The van der Waals surface area contributed by atoms with Gasteiger partial charge in [-0.3, -0.25) is 0 Å². The van der Waals surface area contributed by atoms with Crippen LogP contribution in [0.2, 0.25) is 0 Å². The fourth-order valence-corrected chi connectivity index (χ4v) is 2.15. The van der Waals surface area contributed by atoms with Gasteiger partial charge in [0.05, 0.1) is 14.2 Å². The molecule has 0 fully saturated rings. The van der Waals surface area contributed by atoms with Crippen LogP contribution >= 0.6 is 0 Å². The Morgan fingerprint density at radius 3 is 2.00 bits per heavy atom. The Balaban J connectivity index is 0.00000180. The maximum Gasteiger partial charge on any atom is 0.0743 e. The molecule has 1 radical (unpaired) electrons. The van der Waals surface area contributed by atoms with Crippen LogP contribution in [-0.2, 0) is 25.8 Å². The van der Waals surface area contributed by atoms with Crippen molar-refractivity contribution in [3.8, 4) is 11.5 Å². The second kappa shape index (κ2) is 5.95. The summed E-state index contributed by atoms with van der Waals surface area (Å²) < 4.78 is 11.0. The van der Waals surface area contributed by atoms with Crippen LogP contribution in [0.15, 0.2) is 24.3 Å². The molecule has 0 N–H and O–H groups in total. The predicted molar refractivity (Wildman–Crippen MR) is 74.6 cm³/mol. The molecule has 0 aliphatic heterocycles. The van der Waals surface area contributed by atoms with Crippen LogP contribution in [0, 0.1) is 6.07 Å². The Kier molecular flexibility index (Phi) is 5.01. The molecule has 0 saturated heterocycles. The molecule has 0 amide bonds. The minimum atomic E-state index is -0.0390. The van der Waals surface area contributed by atoms with Gasteiger partial charge in [0.1, 0.15) is 0 Å². The number of rotatable bonds is 2. The van der Waals surface area contributed by atoms with Gasteiger partial charge in [-0.15, -0.1) is 17.7 Å². The van der Waals surface area contributed by atoms with Gasteiger partial charge in [0.25, 0.3) is 0 Å². The number of fused-ring (bicyclic) bond motifs is 1. The van der Waals surface area contributed by atoms with E-state index in [4.69, 9.17) is 9.47 Å². The third kappa shape index (κ3) is 2.94. The van der Waals surface area contributed by atoms with Crippen LogP contribution in [-0.4, -0.2) is 14.2 Å². The summed E-state index contributed by atoms with van der Waals surface area (Å²) in [5.41, 5.74) is 1.00. The van der Waals surface area contributed by atoms with Gasteiger partial charge < -0.3 is 9.47 Å². The van der Waals surface area contributed by atoms with Crippen molar-refractivity contribution in [3.05, 3.63) is 35.9 Å². The number of ether oxygens (including phenoxy) is 2.